The number of fused-ring (bicyclic) bond motifs is 22. The summed E-state index contributed by atoms with van der Waals surface area (Å²) in [5.41, 5.74) is 20.4. The summed E-state index contributed by atoms with van der Waals surface area (Å²) >= 11 is -1.28. The van der Waals surface area contributed by atoms with Crippen LogP contribution in [0.5, 0.6) is 11.5 Å². The van der Waals surface area contributed by atoms with E-state index in [0.29, 0.717) is 11.5 Å². The molecule has 5 heterocycles. The van der Waals surface area contributed by atoms with E-state index in [-0.39, 0.29) is 0 Å². The second-order valence-electron chi connectivity index (χ2n) is 18.0. The predicted octanol–water partition coefficient (Wildman–Crippen LogP) is 15.0. The van der Waals surface area contributed by atoms with Gasteiger partial charge in [0.1, 0.15) is 0 Å². The van der Waals surface area contributed by atoms with Gasteiger partial charge in [0.2, 0.25) is 0 Å². The molecule has 0 spiro atoms. The zero-order chi connectivity index (χ0) is 47.3. The van der Waals surface area contributed by atoms with E-state index in [1.165, 1.54) is 0 Å². The van der Waals surface area contributed by atoms with Crippen LogP contribution in [0.15, 0.2) is 218 Å². The summed E-state index contributed by atoms with van der Waals surface area (Å²) in [4.78, 5) is 9.99. The van der Waals surface area contributed by atoms with Crippen LogP contribution in [0.2, 0.25) is 0 Å². The molecule has 0 saturated carbocycles. The molecule has 16 bridgehead atoms. The second-order valence-corrected chi connectivity index (χ2v) is 20.6. The van der Waals surface area contributed by atoms with Gasteiger partial charge in [-0.15, -0.1) is 0 Å². The Morgan fingerprint density at radius 2 is 0.639 bits per heavy atom. The average Bonchev–Trinajstić information content (AvgIpc) is 3.93. The summed E-state index contributed by atoms with van der Waals surface area (Å²) in [6.45, 7) is 0. The quantitative estimate of drug-likeness (QED) is 0.111. The zero-order valence-corrected chi connectivity index (χ0v) is 40.6. The van der Waals surface area contributed by atoms with Crippen molar-refractivity contribution in [2.24, 2.45) is 0 Å². The fourth-order valence-electron chi connectivity index (χ4n) is 10.5. The number of para-hydroxylation sites is 6. The summed E-state index contributed by atoms with van der Waals surface area (Å²) < 4.78 is 9.01. The van der Waals surface area contributed by atoms with E-state index in [4.69, 9.17) is 4.74 Å². The van der Waals surface area contributed by atoms with Crippen molar-refractivity contribution in [1.29, 1.82) is 0 Å². The van der Waals surface area contributed by atoms with Gasteiger partial charge in [0, 0.05) is 0 Å². The molecule has 0 radical (unpaired) electrons. The first kappa shape index (κ1) is 40.6. The number of anilines is 8. The van der Waals surface area contributed by atoms with E-state index in [2.05, 4.69) is 262 Å². The van der Waals surface area contributed by atoms with E-state index in [9.17, 15) is 0 Å². The molecule has 5 aliphatic rings. The van der Waals surface area contributed by atoms with Crippen molar-refractivity contribution in [3.05, 3.63) is 253 Å². The molecule has 6 heteroatoms. The van der Waals surface area contributed by atoms with Crippen LogP contribution in [0.4, 0.5) is 45.5 Å². The molecule has 0 atom stereocenters. The summed E-state index contributed by atoms with van der Waals surface area (Å²) in [6, 6.07) is 85.8. The number of ether oxygens (including phenoxy) is 1. The Morgan fingerprint density at radius 1 is 0.319 bits per heavy atom. The Labute approximate surface area is 425 Å². The Balaban J connectivity index is 1.21. The molecular formula is C66H36N4OPt-2. The fraction of sp³-hybridized carbons (Fsp3) is 0. The molecule has 0 fully saturated rings. The Kier molecular flexibility index (Phi) is 9.12. The summed E-state index contributed by atoms with van der Waals surface area (Å²) in [7, 11) is 0. The topological polar surface area (TPSA) is 22.2 Å². The number of benzene rings is 10. The van der Waals surface area contributed by atoms with E-state index < -0.39 is 17.6 Å². The maximum atomic E-state index is 6.77. The summed E-state index contributed by atoms with van der Waals surface area (Å²) in [6.07, 6.45) is 0. The van der Waals surface area contributed by atoms with Gasteiger partial charge < -0.3 is 0 Å². The Morgan fingerprint density at radius 3 is 1.00 bits per heavy atom. The van der Waals surface area contributed by atoms with Gasteiger partial charge in [-0.2, -0.15) is 0 Å². The maximum absolute atomic E-state index is 6.77. The van der Waals surface area contributed by atoms with Crippen molar-refractivity contribution in [3.8, 4) is 79.7 Å². The number of hydrogen-bond donors (Lipinski definition) is 0. The van der Waals surface area contributed by atoms with Crippen molar-refractivity contribution in [3.63, 3.8) is 0 Å². The Bertz CT molecular complexity index is 3790. The SMILES string of the molecule is C1#Cc2cccc(c2)-c2cccc3c2N2[C]4=[Pt]=[C]5N(c6[c-]c(ccc6)Oc6[c-]c(ccc6)N4c4ccccc42)c2ccccc2N5c2c(cccc2-c2cccc(c2)C#Cc2cccc-3c2)-c2cccc1c2. The molecule has 0 N–H and O–H groups in total. The molecule has 0 amide bonds. The minimum absolute atomic E-state index is 0.610. The van der Waals surface area contributed by atoms with Crippen LogP contribution in [0.1, 0.15) is 22.3 Å². The van der Waals surface area contributed by atoms with Crippen LogP contribution in [-0.4, -0.2) is 8.29 Å². The molecule has 5 aliphatic heterocycles. The average molecular weight is 1100 g/mol. The standard InChI is InChI=1S/C66H36N4O.Pt/c1-3-31-63-61(29-1)67-43-69(63)65-57-25-11-26-58(65)50-18-6-14-46(38-50)34-36-48-16-8-20-52(40-48)60-28-12-27-59(51-19-7-15-47(39-51)35-33-45-13-5-17-49(57)37-45)66(60)70-44-68(62-30-2-4-32-64(62)70)54-22-10-24-56(42-54)71-55-23-9-21-53(67)41-55;/h1-32,37-40H;/q-2;. The van der Waals surface area contributed by atoms with Gasteiger partial charge in [-0.3, -0.25) is 0 Å². The normalized spacial score (nSPS) is 13.8. The van der Waals surface area contributed by atoms with Gasteiger partial charge in [-0.1, -0.05) is 0 Å². The van der Waals surface area contributed by atoms with Gasteiger partial charge in [0.05, 0.1) is 0 Å². The molecule has 0 aromatic heterocycles. The van der Waals surface area contributed by atoms with E-state index >= 15 is 0 Å². The van der Waals surface area contributed by atoms with Gasteiger partial charge >= 0.3 is 428 Å². The molecule has 15 rings (SSSR count). The third kappa shape index (κ3) is 6.49. The third-order valence-electron chi connectivity index (χ3n) is 13.7. The minimum atomic E-state index is -1.28. The van der Waals surface area contributed by atoms with E-state index in [0.717, 1.165) is 121 Å². The first-order valence-electron chi connectivity index (χ1n) is 23.8. The van der Waals surface area contributed by atoms with Crippen LogP contribution < -0.4 is 24.3 Å². The number of nitrogens with zero attached hydrogens (tertiary/aromatic N) is 4. The fourth-order valence-corrected chi connectivity index (χ4v) is 14.2. The molecule has 0 saturated heterocycles. The van der Waals surface area contributed by atoms with Gasteiger partial charge in [-0.05, 0) is 0 Å². The zero-order valence-electron chi connectivity index (χ0n) is 38.3. The monoisotopic (exact) mass is 1100 g/mol. The van der Waals surface area contributed by atoms with Crippen LogP contribution in [-0.2, 0) is 17.6 Å². The molecule has 10 aromatic carbocycles. The van der Waals surface area contributed by atoms with Crippen molar-refractivity contribution in [2.45, 2.75) is 0 Å². The Hall–Kier alpha value is -9.25. The van der Waals surface area contributed by atoms with Crippen molar-refractivity contribution in [1.82, 2.24) is 0 Å². The van der Waals surface area contributed by atoms with Crippen LogP contribution >= 0.6 is 0 Å². The van der Waals surface area contributed by atoms with Crippen LogP contribution in [0.25, 0.3) is 44.5 Å². The van der Waals surface area contributed by atoms with Crippen molar-refractivity contribution in [2.75, 3.05) is 19.6 Å². The van der Waals surface area contributed by atoms with Gasteiger partial charge in [0.15, 0.2) is 0 Å². The van der Waals surface area contributed by atoms with Crippen LogP contribution in [0.3, 0.4) is 0 Å². The van der Waals surface area contributed by atoms with E-state index in [1.807, 2.05) is 12.1 Å². The molecule has 72 heavy (non-hydrogen) atoms. The summed E-state index contributed by atoms with van der Waals surface area (Å²) in [5.74, 6) is 15.6. The van der Waals surface area contributed by atoms with Gasteiger partial charge in [-0.25, -0.2) is 0 Å². The first-order valence-corrected chi connectivity index (χ1v) is 26.1. The molecule has 0 unspecified atom stereocenters. The van der Waals surface area contributed by atoms with Crippen molar-refractivity contribution < 1.29 is 22.4 Å². The number of rotatable bonds is 0. The predicted molar refractivity (Wildman–Crippen MR) is 289 cm³/mol. The molecular weight excluding hydrogens is 1060 g/mol. The van der Waals surface area contributed by atoms with Gasteiger partial charge in [0.25, 0.3) is 0 Å². The number of hydrogen-bond acceptors (Lipinski definition) is 5. The molecule has 0 aliphatic carbocycles. The molecule has 338 valence electrons. The second kappa shape index (κ2) is 16.2. The molecule has 5 nitrogen and oxygen atoms in total. The summed E-state index contributed by atoms with van der Waals surface area (Å²) in [5, 5.41) is 0. The van der Waals surface area contributed by atoms with Crippen molar-refractivity contribution >= 4 is 53.8 Å². The molecule has 10 aromatic rings. The first-order chi connectivity index (χ1) is 35.7. The van der Waals surface area contributed by atoms with Crippen LogP contribution in [0, 0.1) is 35.8 Å². The third-order valence-corrected chi connectivity index (χ3v) is 16.7. The van der Waals surface area contributed by atoms with E-state index in [1.54, 1.807) is 0 Å².